The smallest absolute Gasteiger partial charge is 0.416 e. The third kappa shape index (κ3) is 4.45. The van der Waals surface area contributed by atoms with E-state index in [1.807, 2.05) is 0 Å². The molecule has 0 spiro atoms. The van der Waals surface area contributed by atoms with Crippen LogP contribution in [0.15, 0.2) is 36.4 Å². The Kier molecular flexibility index (Phi) is 5.43. The Morgan fingerprint density at radius 2 is 1.85 bits per heavy atom. The number of amides is 1. The number of ether oxygens (including phenoxy) is 3. The third-order valence-corrected chi connectivity index (χ3v) is 3.86. The SMILES string of the molecule is CCOc1ccc(C(F)(F)F)cc1NC(=O)c1ccc2c(c1)OCCCO2. The lowest BCUT2D eigenvalue weighted by atomic mass is 10.1. The van der Waals surface area contributed by atoms with Gasteiger partial charge in [-0.3, -0.25) is 4.79 Å². The second-order valence-electron chi connectivity index (χ2n) is 5.81. The lowest BCUT2D eigenvalue weighted by Crippen LogP contribution is -2.14. The fraction of sp³-hybridized carbons (Fsp3) is 0.316. The van der Waals surface area contributed by atoms with Gasteiger partial charge in [-0.05, 0) is 43.3 Å². The molecule has 1 amide bonds. The standard InChI is InChI=1S/C19H18F3NO4/c1-2-25-15-7-5-13(19(20,21)22)11-14(15)23-18(24)12-4-6-16-17(10-12)27-9-3-8-26-16/h4-7,10-11H,2-3,8-9H2,1H3,(H,23,24). The van der Waals surface area contributed by atoms with Crippen LogP contribution >= 0.6 is 0 Å². The number of hydrogen-bond acceptors (Lipinski definition) is 4. The average molecular weight is 381 g/mol. The van der Waals surface area contributed by atoms with Crippen molar-refractivity contribution in [3.05, 3.63) is 47.5 Å². The minimum atomic E-state index is -4.53. The maximum atomic E-state index is 13.0. The molecule has 0 atom stereocenters. The second kappa shape index (κ2) is 7.77. The van der Waals surface area contributed by atoms with Gasteiger partial charge in [0.15, 0.2) is 11.5 Å². The first kappa shape index (κ1) is 18.9. The Morgan fingerprint density at radius 1 is 1.11 bits per heavy atom. The molecule has 0 bridgehead atoms. The number of nitrogens with one attached hydrogen (secondary N) is 1. The highest BCUT2D eigenvalue weighted by atomic mass is 19.4. The van der Waals surface area contributed by atoms with Gasteiger partial charge in [0.1, 0.15) is 5.75 Å². The van der Waals surface area contributed by atoms with Crippen LogP contribution in [0, 0.1) is 0 Å². The predicted octanol–water partition coefficient (Wildman–Crippen LogP) is 4.52. The van der Waals surface area contributed by atoms with Crippen molar-refractivity contribution < 1.29 is 32.2 Å². The molecule has 2 aromatic carbocycles. The molecule has 0 unspecified atom stereocenters. The summed E-state index contributed by atoms with van der Waals surface area (Å²) in [6.07, 6.45) is -3.81. The zero-order chi connectivity index (χ0) is 19.4. The molecule has 3 rings (SSSR count). The Labute approximate surface area is 154 Å². The van der Waals surface area contributed by atoms with Crippen molar-refractivity contribution in [3.63, 3.8) is 0 Å². The number of alkyl halides is 3. The van der Waals surface area contributed by atoms with Gasteiger partial charge in [0, 0.05) is 12.0 Å². The maximum Gasteiger partial charge on any atom is 0.416 e. The van der Waals surface area contributed by atoms with Crippen molar-refractivity contribution in [2.24, 2.45) is 0 Å². The third-order valence-electron chi connectivity index (χ3n) is 3.86. The normalized spacial score (nSPS) is 13.6. The van der Waals surface area contributed by atoms with Crippen LogP contribution in [0.2, 0.25) is 0 Å². The first-order valence-electron chi connectivity index (χ1n) is 8.43. The molecule has 5 nitrogen and oxygen atoms in total. The fourth-order valence-electron chi connectivity index (χ4n) is 2.58. The van der Waals surface area contributed by atoms with Gasteiger partial charge >= 0.3 is 6.18 Å². The number of carbonyl (C=O) groups excluding carboxylic acids is 1. The van der Waals surface area contributed by atoms with Crippen LogP contribution in [0.4, 0.5) is 18.9 Å². The van der Waals surface area contributed by atoms with Crippen molar-refractivity contribution in [2.45, 2.75) is 19.5 Å². The highest BCUT2D eigenvalue weighted by Crippen LogP contribution is 2.36. The van der Waals surface area contributed by atoms with Crippen molar-refractivity contribution in [3.8, 4) is 17.2 Å². The van der Waals surface area contributed by atoms with Gasteiger partial charge in [-0.1, -0.05) is 0 Å². The molecular weight excluding hydrogens is 363 g/mol. The van der Waals surface area contributed by atoms with Gasteiger partial charge in [-0.25, -0.2) is 0 Å². The summed E-state index contributed by atoms with van der Waals surface area (Å²) in [6.45, 7) is 2.92. The highest BCUT2D eigenvalue weighted by molar-refractivity contribution is 6.05. The van der Waals surface area contributed by atoms with Gasteiger partial charge < -0.3 is 19.5 Å². The van der Waals surface area contributed by atoms with Crippen LogP contribution in [0.1, 0.15) is 29.3 Å². The number of carbonyl (C=O) groups is 1. The van der Waals surface area contributed by atoms with Crippen LogP contribution in [0.5, 0.6) is 17.2 Å². The molecule has 0 saturated heterocycles. The number of fused-ring (bicyclic) bond motifs is 1. The van der Waals surface area contributed by atoms with Gasteiger partial charge in [-0.2, -0.15) is 13.2 Å². The van der Waals surface area contributed by atoms with Crippen LogP contribution in [-0.2, 0) is 6.18 Å². The zero-order valence-electron chi connectivity index (χ0n) is 14.6. The molecule has 1 N–H and O–H groups in total. The largest absolute Gasteiger partial charge is 0.492 e. The summed E-state index contributed by atoms with van der Waals surface area (Å²) in [5.74, 6) is 0.534. The predicted molar refractivity (Wildman–Crippen MR) is 92.6 cm³/mol. The Balaban J connectivity index is 1.87. The average Bonchev–Trinajstić information content (AvgIpc) is 2.87. The molecule has 8 heteroatoms. The lowest BCUT2D eigenvalue weighted by molar-refractivity contribution is -0.137. The van der Waals surface area contributed by atoms with Crippen LogP contribution in [0.3, 0.4) is 0 Å². The maximum absolute atomic E-state index is 13.0. The monoisotopic (exact) mass is 381 g/mol. The van der Waals surface area contributed by atoms with Gasteiger partial charge in [0.2, 0.25) is 0 Å². The van der Waals surface area contributed by atoms with Gasteiger partial charge in [0.05, 0.1) is 31.1 Å². The zero-order valence-corrected chi connectivity index (χ0v) is 14.6. The van der Waals surface area contributed by atoms with E-state index < -0.39 is 17.6 Å². The molecule has 0 fully saturated rings. The van der Waals surface area contributed by atoms with Crippen molar-refractivity contribution in [1.82, 2.24) is 0 Å². The highest BCUT2D eigenvalue weighted by Gasteiger charge is 2.31. The van der Waals surface area contributed by atoms with E-state index in [1.165, 1.54) is 18.2 Å². The molecular formula is C19H18F3NO4. The van der Waals surface area contributed by atoms with E-state index >= 15 is 0 Å². The molecule has 2 aromatic rings. The van der Waals surface area contributed by atoms with E-state index in [2.05, 4.69) is 5.32 Å². The lowest BCUT2D eigenvalue weighted by Gasteiger charge is -2.15. The summed E-state index contributed by atoms with van der Waals surface area (Å²) in [5.41, 5.74) is -0.692. The molecule has 0 saturated carbocycles. The topological polar surface area (TPSA) is 56.8 Å². The summed E-state index contributed by atoms with van der Waals surface area (Å²) in [7, 11) is 0. The quantitative estimate of drug-likeness (QED) is 0.846. The number of benzene rings is 2. The number of halogens is 3. The summed E-state index contributed by atoms with van der Waals surface area (Å²) >= 11 is 0. The minimum Gasteiger partial charge on any atom is -0.492 e. The first-order chi connectivity index (χ1) is 12.9. The number of anilines is 1. The molecule has 27 heavy (non-hydrogen) atoms. The van der Waals surface area contributed by atoms with Crippen molar-refractivity contribution in [1.29, 1.82) is 0 Å². The number of hydrogen-bond donors (Lipinski definition) is 1. The van der Waals surface area contributed by atoms with E-state index in [0.29, 0.717) is 24.7 Å². The first-order valence-corrected chi connectivity index (χ1v) is 8.43. The Morgan fingerprint density at radius 3 is 2.56 bits per heavy atom. The molecule has 1 heterocycles. The summed E-state index contributed by atoms with van der Waals surface area (Å²) in [6, 6.07) is 7.59. The Bertz CT molecular complexity index is 836. The Hall–Kier alpha value is -2.90. The van der Waals surface area contributed by atoms with E-state index in [4.69, 9.17) is 14.2 Å². The van der Waals surface area contributed by atoms with Crippen molar-refractivity contribution in [2.75, 3.05) is 25.1 Å². The van der Waals surface area contributed by atoms with E-state index in [0.717, 1.165) is 18.6 Å². The second-order valence-corrected chi connectivity index (χ2v) is 5.81. The number of rotatable bonds is 4. The van der Waals surface area contributed by atoms with Crippen LogP contribution in [0.25, 0.3) is 0 Å². The van der Waals surface area contributed by atoms with E-state index in [1.54, 1.807) is 13.0 Å². The van der Waals surface area contributed by atoms with E-state index in [9.17, 15) is 18.0 Å². The summed E-state index contributed by atoms with van der Waals surface area (Å²) in [4.78, 5) is 12.6. The molecule has 0 radical (unpaired) electrons. The molecule has 1 aliphatic heterocycles. The summed E-state index contributed by atoms with van der Waals surface area (Å²) < 4.78 is 55.3. The minimum absolute atomic E-state index is 0.0520. The van der Waals surface area contributed by atoms with Gasteiger partial charge in [0.25, 0.3) is 5.91 Å². The van der Waals surface area contributed by atoms with E-state index in [-0.39, 0.29) is 23.6 Å². The molecule has 144 valence electrons. The van der Waals surface area contributed by atoms with Crippen LogP contribution < -0.4 is 19.5 Å². The van der Waals surface area contributed by atoms with Crippen molar-refractivity contribution >= 4 is 11.6 Å². The summed E-state index contributed by atoms with van der Waals surface area (Å²) in [5, 5.41) is 2.49. The molecule has 0 aromatic heterocycles. The molecule has 1 aliphatic rings. The van der Waals surface area contributed by atoms with Gasteiger partial charge in [-0.15, -0.1) is 0 Å². The fourth-order valence-corrected chi connectivity index (χ4v) is 2.58. The van der Waals surface area contributed by atoms with Crippen LogP contribution in [-0.4, -0.2) is 25.7 Å². The molecule has 0 aliphatic carbocycles.